The van der Waals surface area contributed by atoms with Crippen LogP contribution >= 0.6 is 15.9 Å². The first-order valence-electron chi connectivity index (χ1n) is 5.93. The summed E-state index contributed by atoms with van der Waals surface area (Å²) in [6.07, 6.45) is 0. The standard InChI is InChI=1S/C14H20BrN/c1-9(14(2,3)4)11-8-16-13-10(11)6-5-7-12(13)15/h5-7,9,11,16H,8H2,1-4H3. The maximum atomic E-state index is 3.61. The number of anilines is 1. The van der Waals surface area contributed by atoms with Crippen molar-refractivity contribution in [3.63, 3.8) is 0 Å². The quantitative estimate of drug-likeness (QED) is 0.791. The van der Waals surface area contributed by atoms with Gasteiger partial charge in [0.05, 0.1) is 5.69 Å². The fourth-order valence-electron chi connectivity index (χ4n) is 2.41. The Balaban J connectivity index is 2.34. The van der Waals surface area contributed by atoms with Crippen molar-refractivity contribution < 1.29 is 0 Å². The van der Waals surface area contributed by atoms with Crippen LogP contribution in [0.5, 0.6) is 0 Å². The van der Waals surface area contributed by atoms with E-state index in [1.807, 2.05) is 0 Å². The Bertz CT molecular complexity index is 392. The highest BCUT2D eigenvalue weighted by Crippen LogP contribution is 2.45. The Hall–Kier alpha value is -0.500. The zero-order valence-corrected chi connectivity index (χ0v) is 12.1. The van der Waals surface area contributed by atoms with E-state index >= 15 is 0 Å². The number of hydrogen-bond donors (Lipinski definition) is 1. The van der Waals surface area contributed by atoms with E-state index in [2.05, 4.69) is 67.1 Å². The van der Waals surface area contributed by atoms with Gasteiger partial charge in [0.15, 0.2) is 0 Å². The van der Waals surface area contributed by atoms with Crippen LogP contribution in [0.2, 0.25) is 0 Å². The van der Waals surface area contributed by atoms with Crippen LogP contribution in [0.4, 0.5) is 5.69 Å². The van der Waals surface area contributed by atoms with Gasteiger partial charge < -0.3 is 5.32 Å². The second-order valence-corrected chi connectivity index (χ2v) is 6.70. The van der Waals surface area contributed by atoms with E-state index in [-0.39, 0.29) is 0 Å². The summed E-state index contributed by atoms with van der Waals surface area (Å²) in [5.74, 6) is 1.31. The molecule has 0 amide bonds. The summed E-state index contributed by atoms with van der Waals surface area (Å²) in [6.45, 7) is 10.4. The molecule has 1 aliphatic rings. The van der Waals surface area contributed by atoms with Crippen LogP contribution in [0.3, 0.4) is 0 Å². The first-order chi connectivity index (χ1) is 7.41. The van der Waals surface area contributed by atoms with Gasteiger partial charge in [0, 0.05) is 16.9 Å². The molecule has 1 nitrogen and oxygen atoms in total. The normalized spacial score (nSPS) is 21.4. The van der Waals surface area contributed by atoms with Crippen molar-refractivity contribution in [1.82, 2.24) is 0 Å². The lowest BCUT2D eigenvalue weighted by atomic mass is 9.72. The van der Waals surface area contributed by atoms with E-state index in [0.717, 1.165) is 6.54 Å². The molecule has 0 saturated heterocycles. The number of benzene rings is 1. The van der Waals surface area contributed by atoms with Crippen molar-refractivity contribution in [3.05, 3.63) is 28.2 Å². The van der Waals surface area contributed by atoms with Gasteiger partial charge in [0.2, 0.25) is 0 Å². The first kappa shape index (κ1) is 12.0. The SMILES string of the molecule is CC(C1CNc2c(Br)cccc21)C(C)(C)C. The predicted molar refractivity (Wildman–Crippen MR) is 74.0 cm³/mol. The molecule has 0 radical (unpaired) electrons. The first-order valence-corrected chi connectivity index (χ1v) is 6.73. The van der Waals surface area contributed by atoms with Crippen molar-refractivity contribution in [2.24, 2.45) is 11.3 Å². The Morgan fingerprint density at radius 1 is 1.38 bits per heavy atom. The van der Waals surface area contributed by atoms with Crippen molar-refractivity contribution in [2.45, 2.75) is 33.6 Å². The number of hydrogen-bond acceptors (Lipinski definition) is 1. The molecule has 0 bridgehead atoms. The highest BCUT2D eigenvalue weighted by atomic mass is 79.9. The third-order valence-electron chi connectivity index (χ3n) is 3.91. The summed E-state index contributed by atoms with van der Waals surface area (Å²) in [7, 11) is 0. The maximum absolute atomic E-state index is 3.61. The highest BCUT2D eigenvalue weighted by molar-refractivity contribution is 9.10. The van der Waals surface area contributed by atoms with Crippen LogP contribution in [0.25, 0.3) is 0 Å². The smallest absolute Gasteiger partial charge is 0.0521 e. The van der Waals surface area contributed by atoms with Gasteiger partial charge in [0.1, 0.15) is 0 Å². The van der Waals surface area contributed by atoms with Gasteiger partial charge in [-0.2, -0.15) is 0 Å². The minimum atomic E-state index is 0.357. The highest BCUT2D eigenvalue weighted by Gasteiger charge is 2.34. The van der Waals surface area contributed by atoms with E-state index in [1.165, 1.54) is 15.7 Å². The molecule has 2 unspecified atom stereocenters. The van der Waals surface area contributed by atoms with Gasteiger partial charge in [-0.3, -0.25) is 0 Å². The summed E-state index contributed by atoms with van der Waals surface area (Å²) < 4.78 is 1.19. The summed E-state index contributed by atoms with van der Waals surface area (Å²) in [5.41, 5.74) is 3.12. The fourth-order valence-corrected chi connectivity index (χ4v) is 2.93. The molecule has 2 heteroatoms. The minimum absolute atomic E-state index is 0.357. The molecule has 2 rings (SSSR count). The monoisotopic (exact) mass is 281 g/mol. The van der Waals surface area contributed by atoms with Crippen LogP contribution in [0, 0.1) is 11.3 Å². The van der Waals surface area contributed by atoms with Crippen molar-refractivity contribution in [2.75, 3.05) is 11.9 Å². The van der Waals surface area contributed by atoms with Crippen LogP contribution in [-0.4, -0.2) is 6.54 Å². The number of rotatable bonds is 1. The summed E-state index contributed by atoms with van der Waals surface area (Å²) in [6, 6.07) is 6.50. The number of halogens is 1. The van der Waals surface area contributed by atoms with Gasteiger partial charge in [-0.25, -0.2) is 0 Å². The molecule has 1 aliphatic heterocycles. The van der Waals surface area contributed by atoms with Crippen molar-refractivity contribution in [1.29, 1.82) is 0 Å². The van der Waals surface area contributed by atoms with Gasteiger partial charge in [-0.15, -0.1) is 0 Å². The number of para-hydroxylation sites is 1. The Morgan fingerprint density at radius 2 is 2.06 bits per heavy atom. The zero-order valence-electron chi connectivity index (χ0n) is 10.5. The molecular formula is C14H20BrN. The average Bonchev–Trinajstić information content (AvgIpc) is 2.60. The lowest BCUT2D eigenvalue weighted by Gasteiger charge is -2.32. The van der Waals surface area contributed by atoms with E-state index < -0.39 is 0 Å². The fraction of sp³-hybridized carbons (Fsp3) is 0.571. The molecular weight excluding hydrogens is 262 g/mol. The van der Waals surface area contributed by atoms with Crippen molar-refractivity contribution >= 4 is 21.6 Å². The lowest BCUT2D eigenvalue weighted by molar-refractivity contribution is 0.228. The third-order valence-corrected chi connectivity index (χ3v) is 4.57. The third kappa shape index (κ3) is 2.00. The van der Waals surface area contributed by atoms with E-state index in [9.17, 15) is 0 Å². The summed E-state index contributed by atoms with van der Waals surface area (Å²) >= 11 is 3.61. The number of nitrogens with one attached hydrogen (secondary N) is 1. The molecule has 0 saturated carbocycles. The largest absolute Gasteiger partial charge is 0.383 e. The summed E-state index contributed by atoms with van der Waals surface area (Å²) in [4.78, 5) is 0. The van der Waals surface area contributed by atoms with Gasteiger partial charge in [0.25, 0.3) is 0 Å². The van der Waals surface area contributed by atoms with E-state index in [0.29, 0.717) is 17.3 Å². The summed E-state index contributed by atoms with van der Waals surface area (Å²) in [5, 5.41) is 3.52. The molecule has 0 aromatic heterocycles. The molecule has 0 fully saturated rings. The minimum Gasteiger partial charge on any atom is -0.383 e. The molecule has 1 N–H and O–H groups in total. The predicted octanol–water partition coefficient (Wildman–Crippen LogP) is 4.64. The molecule has 1 aromatic carbocycles. The van der Waals surface area contributed by atoms with E-state index in [4.69, 9.17) is 0 Å². The Morgan fingerprint density at radius 3 is 2.69 bits per heavy atom. The van der Waals surface area contributed by atoms with Crippen LogP contribution in [0.15, 0.2) is 22.7 Å². The second-order valence-electron chi connectivity index (χ2n) is 5.85. The van der Waals surface area contributed by atoms with Crippen LogP contribution < -0.4 is 5.32 Å². The van der Waals surface area contributed by atoms with Crippen LogP contribution in [0.1, 0.15) is 39.2 Å². The lowest BCUT2D eigenvalue weighted by Crippen LogP contribution is -2.25. The molecule has 2 atom stereocenters. The zero-order chi connectivity index (χ0) is 11.9. The van der Waals surface area contributed by atoms with Gasteiger partial charge in [-0.05, 0) is 38.9 Å². The number of fused-ring (bicyclic) bond motifs is 1. The average molecular weight is 282 g/mol. The topological polar surface area (TPSA) is 12.0 Å². The maximum Gasteiger partial charge on any atom is 0.0521 e. The Kier molecular flexibility index (Phi) is 3.04. The molecule has 1 heterocycles. The molecule has 0 spiro atoms. The molecule has 1 aromatic rings. The van der Waals surface area contributed by atoms with Gasteiger partial charge >= 0.3 is 0 Å². The Labute approximate surface area is 107 Å². The second kappa shape index (κ2) is 4.06. The van der Waals surface area contributed by atoms with Crippen molar-refractivity contribution in [3.8, 4) is 0 Å². The van der Waals surface area contributed by atoms with E-state index in [1.54, 1.807) is 0 Å². The van der Waals surface area contributed by atoms with Gasteiger partial charge in [-0.1, -0.05) is 39.8 Å². The van der Waals surface area contributed by atoms with Crippen LogP contribution in [-0.2, 0) is 0 Å². The molecule has 88 valence electrons. The molecule has 16 heavy (non-hydrogen) atoms. The molecule has 0 aliphatic carbocycles.